The Morgan fingerprint density at radius 1 is 0.952 bits per heavy atom. The van der Waals surface area contributed by atoms with Crippen molar-refractivity contribution in [1.29, 1.82) is 0 Å². The Morgan fingerprint density at radius 3 is 2.19 bits per heavy atom. The summed E-state index contributed by atoms with van der Waals surface area (Å²) in [5, 5.41) is 0. The first kappa shape index (κ1) is 20.5. The molecule has 0 heterocycles. The third-order valence-electron chi connectivity index (χ3n) is 3.53. The van der Waals surface area contributed by atoms with E-state index in [1.807, 2.05) is 0 Å². The molecule has 3 nitrogen and oxygen atoms in total. The van der Waals surface area contributed by atoms with E-state index in [0.29, 0.717) is 19.8 Å². The second-order valence-electron chi connectivity index (χ2n) is 5.78. The Morgan fingerprint density at radius 2 is 1.57 bits per heavy atom. The topological polar surface area (TPSA) is 27.7 Å². The van der Waals surface area contributed by atoms with Crippen molar-refractivity contribution in [1.82, 2.24) is 0 Å². The van der Waals surface area contributed by atoms with Crippen molar-refractivity contribution in [3.05, 3.63) is 12.3 Å². The van der Waals surface area contributed by atoms with Gasteiger partial charge in [0.05, 0.1) is 19.3 Å². The number of rotatable bonds is 16. The maximum atomic E-state index is 5.73. The summed E-state index contributed by atoms with van der Waals surface area (Å²) in [5.41, 5.74) is 0. The van der Waals surface area contributed by atoms with Crippen LogP contribution >= 0.6 is 0 Å². The van der Waals surface area contributed by atoms with E-state index in [9.17, 15) is 0 Å². The average molecular weight is 300 g/mol. The van der Waals surface area contributed by atoms with Gasteiger partial charge in [0.1, 0.15) is 12.4 Å². The van der Waals surface area contributed by atoms with Crippen LogP contribution in [-0.2, 0) is 14.2 Å². The first-order valence-corrected chi connectivity index (χ1v) is 8.61. The van der Waals surface area contributed by atoms with E-state index in [1.165, 1.54) is 51.4 Å². The SMILES string of the molecule is C=C(COCCOC)OC(C)CCCCCCCCCC. The molecule has 0 bridgehead atoms. The Kier molecular flexibility index (Phi) is 15.4. The van der Waals surface area contributed by atoms with Crippen molar-refractivity contribution < 1.29 is 14.2 Å². The molecule has 1 unspecified atom stereocenters. The molecule has 0 saturated carbocycles. The van der Waals surface area contributed by atoms with Gasteiger partial charge in [0, 0.05) is 7.11 Å². The summed E-state index contributed by atoms with van der Waals surface area (Å²) in [5.74, 6) is 0.721. The van der Waals surface area contributed by atoms with E-state index >= 15 is 0 Å². The second kappa shape index (κ2) is 15.8. The minimum absolute atomic E-state index is 0.239. The minimum Gasteiger partial charge on any atom is -0.493 e. The summed E-state index contributed by atoms with van der Waals surface area (Å²) in [6, 6.07) is 0. The lowest BCUT2D eigenvalue weighted by atomic mass is 10.1. The molecule has 0 N–H and O–H groups in total. The zero-order valence-corrected chi connectivity index (χ0v) is 14.5. The van der Waals surface area contributed by atoms with Crippen molar-refractivity contribution in [2.24, 2.45) is 0 Å². The van der Waals surface area contributed by atoms with Gasteiger partial charge < -0.3 is 14.2 Å². The normalized spacial score (nSPS) is 12.3. The zero-order chi connectivity index (χ0) is 15.8. The predicted octanol–water partition coefficient (Wildman–Crippen LogP) is 5.10. The van der Waals surface area contributed by atoms with Crippen LogP contribution in [0.15, 0.2) is 12.3 Å². The van der Waals surface area contributed by atoms with Crippen molar-refractivity contribution in [3.63, 3.8) is 0 Å². The summed E-state index contributed by atoms with van der Waals surface area (Å²) in [7, 11) is 1.67. The molecule has 0 saturated heterocycles. The molecule has 0 radical (unpaired) electrons. The van der Waals surface area contributed by atoms with E-state index in [2.05, 4.69) is 20.4 Å². The van der Waals surface area contributed by atoms with E-state index < -0.39 is 0 Å². The summed E-state index contributed by atoms with van der Waals surface area (Å²) >= 11 is 0. The third kappa shape index (κ3) is 15.7. The molecule has 0 aromatic heterocycles. The molecule has 3 heteroatoms. The number of unbranched alkanes of at least 4 members (excludes halogenated alkanes) is 7. The van der Waals surface area contributed by atoms with E-state index in [1.54, 1.807) is 7.11 Å². The molecule has 126 valence electrons. The van der Waals surface area contributed by atoms with Crippen molar-refractivity contribution >= 4 is 0 Å². The molecule has 21 heavy (non-hydrogen) atoms. The Balaban J connectivity index is 3.32. The van der Waals surface area contributed by atoms with Crippen LogP contribution < -0.4 is 0 Å². The van der Waals surface area contributed by atoms with Gasteiger partial charge in [0.15, 0.2) is 0 Å². The minimum atomic E-state index is 0.239. The van der Waals surface area contributed by atoms with Gasteiger partial charge in [-0.1, -0.05) is 58.4 Å². The first-order chi connectivity index (χ1) is 10.2. The molecular formula is C18H36O3. The fourth-order valence-electron chi connectivity index (χ4n) is 2.27. The highest BCUT2D eigenvalue weighted by Crippen LogP contribution is 2.13. The number of hydrogen-bond donors (Lipinski definition) is 0. The molecular weight excluding hydrogens is 264 g/mol. The maximum Gasteiger partial charge on any atom is 0.115 e. The van der Waals surface area contributed by atoms with Crippen molar-refractivity contribution in [2.75, 3.05) is 26.9 Å². The summed E-state index contributed by atoms with van der Waals surface area (Å²) in [4.78, 5) is 0. The smallest absolute Gasteiger partial charge is 0.115 e. The predicted molar refractivity (Wildman–Crippen MR) is 89.6 cm³/mol. The van der Waals surface area contributed by atoms with Gasteiger partial charge in [0.25, 0.3) is 0 Å². The van der Waals surface area contributed by atoms with E-state index in [4.69, 9.17) is 14.2 Å². The largest absolute Gasteiger partial charge is 0.493 e. The van der Waals surface area contributed by atoms with E-state index in [-0.39, 0.29) is 6.10 Å². The van der Waals surface area contributed by atoms with Gasteiger partial charge in [-0.25, -0.2) is 0 Å². The van der Waals surface area contributed by atoms with Gasteiger partial charge in [-0.05, 0) is 19.8 Å². The Labute approximate surface area is 132 Å². The van der Waals surface area contributed by atoms with E-state index in [0.717, 1.165) is 12.2 Å². The lowest BCUT2D eigenvalue weighted by molar-refractivity contribution is 0.0398. The molecule has 0 amide bonds. The average Bonchev–Trinajstić information content (AvgIpc) is 2.46. The number of ether oxygens (including phenoxy) is 3. The van der Waals surface area contributed by atoms with Gasteiger partial charge in [0.2, 0.25) is 0 Å². The van der Waals surface area contributed by atoms with Gasteiger partial charge in [-0.2, -0.15) is 0 Å². The molecule has 1 atom stereocenters. The van der Waals surface area contributed by atoms with Crippen LogP contribution in [0.5, 0.6) is 0 Å². The van der Waals surface area contributed by atoms with Crippen LogP contribution in [0.1, 0.15) is 71.6 Å². The summed E-state index contributed by atoms with van der Waals surface area (Å²) < 4.78 is 16.0. The third-order valence-corrected chi connectivity index (χ3v) is 3.53. The monoisotopic (exact) mass is 300 g/mol. The zero-order valence-electron chi connectivity index (χ0n) is 14.5. The Bertz CT molecular complexity index is 229. The lowest BCUT2D eigenvalue weighted by Gasteiger charge is -2.16. The molecule has 0 fully saturated rings. The highest BCUT2D eigenvalue weighted by Gasteiger charge is 2.05. The fraction of sp³-hybridized carbons (Fsp3) is 0.889. The molecule has 0 spiro atoms. The van der Waals surface area contributed by atoms with Gasteiger partial charge in [-0.3, -0.25) is 0 Å². The van der Waals surface area contributed by atoms with Crippen LogP contribution in [-0.4, -0.2) is 33.0 Å². The quantitative estimate of drug-likeness (QED) is 0.293. The summed E-state index contributed by atoms with van der Waals surface area (Å²) in [6.07, 6.45) is 12.2. The number of methoxy groups -OCH3 is 1. The van der Waals surface area contributed by atoms with Crippen molar-refractivity contribution in [2.45, 2.75) is 77.7 Å². The molecule has 0 aliphatic heterocycles. The van der Waals surface area contributed by atoms with Crippen LogP contribution in [0, 0.1) is 0 Å². The lowest BCUT2D eigenvalue weighted by Crippen LogP contribution is -2.12. The molecule has 0 aliphatic carbocycles. The Hall–Kier alpha value is -0.540. The number of hydrogen-bond acceptors (Lipinski definition) is 3. The molecule has 0 aromatic carbocycles. The van der Waals surface area contributed by atoms with Crippen molar-refractivity contribution in [3.8, 4) is 0 Å². The summed E-state index contributed by atoms with van der Waals surface area (Å²) in [6.45, 7) is 9.93. The highest BCUT2D eigenvalue weighted by atomic mass is 16.5. The van der Waals surface area contributed by atoms with Crippen LogP contribution in [0.4, 0.5) is 0 Å². The van der Waals surface area contributed by atoms with Crippen LogP contribution in [0.25, 0.3) is 0 Å². The standard InChI is InChI=1S/C18H36O3/c1-5-6-7-8-9-10-11-12-13-17(2)21-18(3)16-20-15-14-19-4/h17H,3,5-16H2,1-2,4H3. The first-order valence-electron chi connectivity index (χ1n) is 8.61. The van der Waals surface area contributed by atoms with Crippen LogP contribution in [0.3, 0.4) is 0 Å². The van der Waals surface area contributed by atoms with Crippen LogP contribution in [0.2, 0.25) is 0 Å². The van der Waals surface area contributed by atoms with Gasteiger partial charge in [-0.15, -0.1) is 0 Å². The highest BCUT2D eigenvalue weighted by molar-refractivity contribution is 4.83. The fourth-order valence-corrected chi connectivity index (χ4v) is 2.27. The van der Waals surface area contributed by atoms with Gasteiger partial charge >= 0.3 is 0 Å². The molecule has 0 rings (SSSR count). The molecule has 0 aliphatic rings. The molecule has 0 aromatic rings. The second-order valence-corrected chi connectivity index (χ2v) is 5.78. The maximum absolute atomic E-state index is 5.73.